The van der Waals surface area contributed by atoms with Crippen LogP contribution in [0.1, 0.15) is 42.3 Å². The molecule has 0 saturated carbocycles. The van der Waals surface area contributed by atoms with Crippen molar-refractivity contribution in [3.63, 3.8) is 0 Å². The Kier molecular flexibility index (Phi) is 5.74. The normalized spacial score (nSPS) is 10.6. The number of hydrazine groups is 1. The minimum atomic E-state index is -0.592. The lowest BCUT2D eigenvalue weighted by atomic mass is 10.1. The van der Waals surface area contributed by atoms with Gasteiger partial charge in [-0.15, -0.1) is 0 Å². The van der Waals surface area contributed by atoms with Gasteiger partial charge < -0.3 is 0 Å². The molecule has 0 aliphatic rings. The molecule has 0 radical (unpaired) electrons. The first-order valence-electron chi connectivity index (χ1n) is 8.06. The van der Waals surface area contributed by atoms with Gasteiger partial charge in [0, 0.05) is 22.6 Å². The third-order valence-electron chi connectivity index (χ3n) is 3.21. The average Bonchev–Trinajstić information content (AvgIpc) is 2.57. The lowest BCUT2D eigenvalue weighted by Crippen LogP contribution is -2.54. The lowest BCUT2D eigenvalue weighted by molar-refractivity contribution is -0.126. The van der Waals surface area contributed by atoms with Gasteiger partial charge in [0.15, 0.2) is 0 Å². The van der Waals surface area contributed by atoms with Crippen molar-refractivity contribution in [2.45, 2.75) is 33.2 Å². The van der Waals surface area contributed by atoms with Crippen molar-refractivity contribution in [1.82, 2.24) is 10.4 Å². The lowest BCUT2D eigenvalue weighted by Gasteiger charge is -2.28. The van der Waals surface area contributed by atoms with Crippen LogP contribution in [0.3, 0.4) is 0 Å². The summed E-state index contributed by atoms with van der Waals surface area (Å²) < 4.78 is 0. The van der Waals surface area contributed by atoms with E-state index in [2.05, 4.69) is 17.3 Å². The number of nitrogens with zero attached hydrogens (tertiary/aromatic N) is 1. The molecule has 0 fully saturated rings. The Morgan fingerprint density at radius 2 is 1.68 bits per heavy atom. The van der Waals surface area contributed by atoms with Gasteiger partial charge in [-0.25, -0.2) is 5.43 Å². The van der Waals surface area contributed by atoms with E-state index >= 15 is 0 Å². The average molecular weight is 334 g/mol. The number of carbonyl (C=O) groups excluding carboxylic acids is 2. The van der Waals surface area contributed by atoms with Gasteiger partial charge in [0.1, 0.15) is 0 Å². The van der Waals surface area contributed by atoms with E-state index in [1.54, 1.807) is 18.2 Å². The smallest absolute Gasteiger partial charge is 0.267 e. The summed E-state index contributed by atoms with van der Waals surface area (Å²) in [5.74, 6) is 4.32. The van der Waals surface area contributed by atoms with Crippen LogP contribution in [-0.4, -0.2) is 22.4 Å². The third kappa shape index (κ3) is 5.59. The second kappa shape index (κ2) is 7.78. The maximum atomic E-state index is 12.8. The second-order valence-electron chi connectivity index (χ2n) is 6.79. The van der Waals surface area contributed by atoms with Crippen molar-refractivity contribution in [3.05, 3.63) is 71.3 Å². The topological polar surface area (TPSA) is 49.4 Å². The Bertz CT molecular complexity index is 824. The number of rotatable bonds is 2. The van der Waals surface area contributed by atoms with Crippen LogP contribution in [0.4, 0.5) is 0 Å². The van der Waals surface area contributed by atoms with E-state index < -0.39 is 17.4 Å². The van der Waals surface area contributed by atoms with Crippen molar-refractivity contribution >= 4 is 11.8 Å². The quantitative estimate of drug-likeness (QED) is 0.677. The summed E-state index contributed by atoms with van der Waals surface area (Å²) in [6, 6.07) is 16.3. The molecule has 128 valence electrons. The first-order valence-corrected chi connectivity index (χ1v) is 8.06. The monoisotopic (exact) mass is 334 g/mol. The number of amides is 2. The molecule has 25 heavy (non-hydrogen) atoms. The predicted octanol–water partition coefficient (Wildman–Crippen LogP) is 3.32. The summed E-state index contributed by atoms with van der Waals surface area (Å²) in [4.78, 5) is 25.4. The van der Waals surface area contributed by atoms with Crippen LogP contribution in [0.15, 0.2) is 54.6 Å². The zero-order chi connectivity index (χ0) is 18.4. The molecule has 0 aliphatic carbocycles. The Labute approximate surface area is 148 Å². The van der Waals surface area contributed by atoms with E-state index in [1.807, 2.05) is 64.1 Å². The molecule has 2 aromatic rings. The van der Waals surface area contributed by atoms with Crippen molar-refractivity contribution in [2.75, 3.05) is 0 Å². The first kappa shape index (κ1) is 18.4. The third-order valence-corrected chi connectivity index (χ3v) is 3.21. The molecule has 0 unspecified atom stereocenters. The fraction of sp³-hybridized carbons (Fsp3) is 0.238. The fourth-order valence-electron chi connectivity index (χ4n) is 2.14. The van der Waals surface area contributed by atoms with E-state index in [0.717, 1.165) is 16.1 Å². The first-order chi connectivity index (χ1) is 11.8. The van der Waals surface area contributed by atoms with Crippen LogP contribution in [-0.2, 0) is 4.79 Å². The molecule has 4 heteroatoms. The maximum absolute atomic E-state index is 12.8. The maximum Gasteiger partial charge on any atom is 0.320 e. The molecule has 0 atom stereocenters. The Balaban J connectivity index is 2.31. The number of hydrogen-bond acceptors (Lipinski definition) is 3. The number of aryl methyl sites for hydroxylation is 1. The number of imide groups is 1. The zero-order valence-electron chi connectivity index (χ0n) is 15.0. The van der Waals surface area contributed by atoms with E-state index in [0.29, 0.717) is 5.56 Å². The van der Waals surface area contributed by atoms with E-state index in [4.69, 9.17) is 0 Å². The number of benzene rings is 2. The van der Waals surface area contributed by atoms with Crippen LogP contribution in [0.2, 0.25) is 0 Å². The molecular formula is C21H22N2O2. The second-order valence-corrected chi connectivity index (χ2v) is 6.79. The van der Waals surface area contributed by atoms with Crippen molar-refractivity contribution in [2.24, 2.45) is 0 Å². The molecule has 1 N–H and O–H groups in total. The van der Waals surface area contributed by atoms with Gasteiger partial charge in [-0.2, -0.15) is 5.01 Å². The molecular weight excluding hydrogens is 312 g/mol. The van der Waals surface area contributed by atoms with Gasteiger partial charge >= 0.3 is 5.91 Å². The standard InChI is InChI=1S/C21H22N2O2/c1-16-9-8-12-18(15-16)20(25)23(22-21(2,3)4)19(24)14-13-17-10-6-5-7-11-17/h5-12,15,22H,1-4H3. The largest absolute Gasteiger partial charge is 0.320 e. The van der Waals surface area contributed by atoms with Crippen LogP contribution in [0.25, 0.3) is 0 Å². The van der Waals surface area contributed by atoms with E-state index in [-0.39, 0.29) is 0 Å². The molecule has 0 saturated heterocycles. The fourth-order valence-corrected chi connectivity index (χ4v) is 2.14. The Morgan fingerprint density at radius 3 is 2.28 bits per heavy atom. The SMILES string of the molecule is Cc1cccc(C(=O)N(NC(C)(C)C)C(=O)C#Cc2ccccc2)c1. The summed E-state index contributed by atoms with van der Waals surface area (Å²) >= 11 is 0. The molecule has 0 bridgehead atoms. The Hall–Kier alpha value is -2.90. The molecule has 4 nitrogen and oxygen atoms in total. The van der Waals surface area contributed by atoms with Crippen molar-refractivity contribution in [1.29, 1.82) is 0 Å². The van der Waals surface area contributed by atoms with Crippen molar-refractivity contribution < 1.29 is 9.59 Å². The molecule has 2 rings (SSSR count). The minimum absolute atomic E-state index is 0.425. The molecule has 2 aromatic carbocycles. The molecule has 0 aromatic heterocycles. The van der Waals surface area contributed by atoms with Crippen molar-refractivity contribution in [3.8, 4) is 11.8 Å². The van der Waals surface area contributed by atoms with Crippen LogP contribution >= 0.6 is 0 Å². The molecule has 0 aliphatic heterocycles. The summed E-state index contributed by atoms with van der Waals surface area (Å²) in [5, 5.41) is 0.991. The van der Waals surface area contributed by atoms with E-state index in [9.17, 15) is 9.59 Å². The van der Waals surface area contributed by atoms with Gasteiger partial charge in [-0.1, -0.05) is 41.8 Å². The Morgan fingerprint density at radius 1 is 1.00 bits per heavy atom. The molecule has 0 heterocycles. The summed E-state index contributed by atoms with van der Waals surface area (Å²) in [6.45, 7) is 7.53. The van der Waals surface area contributed by atoms with Crippen LogP contribution in [0, 0.1) is 18.8 Å². The highest BCUT2D eigenvalue weighted by molar-refractivity contribution is 6.10. The zero-order valence-corrected chi connectivity index (χ0v) is 15.0. The van der Waals surface area contributed by atoms with Crippen LogP contribution < -0.4 is 5.43 Å². The highest BCUT2D eigenvalue weighted by Crippen LogP contribution is 2.10. The van der Waals surface area contributed by atoms with Gasteiger partial charge in [-0.05, 0) is 52.0 Å². The highest BCUT2D eigenvalue weighted by atomic mass is 16.2. The molecule has 2 amide bonds. The summed E-state index contributed by atoms with van der Waals surface area (Å²) in [5.41, 5.74) is 4.58. The van der Waals surface area contributed by atoms with Gasteiger partial charge in [-0.3, -0.25) is 9.59 Å². The summed E-state index contributed by atoms with van der Waals surface area (Å²) in [6.07, 6.45) is 0. The summed E-state index contributed by atoms with van der Waals surface area (Å²) in [7, 11) is 0. The van der Waals surface area contributed by atoms with E-state index in [1.165, 1.54) is 0 Å². The number of carbonyl (C=O) groups is 2. The van der Waals surface area contributed by atoms with Crippen LogP contribution in [0.5, 0.6) is 0 Å². The number of hydrogen-bond donors (Lipinski definition) is 1. The number of nitrogens with one attached hydrogen (secondary N) is 1. The highest BCUT2D eigenvalue weighted by Gasteiger charge is 2.26. The molecule has 0 spiro atoms. The van der Waals surface area contributed by atoms with Gasteiger partial charge in [0.2, 0.25) is 0 Å². The predicted molar refractivity (Wildman–Crippen MR) is 98.6 cm³/mol. The van der Waals surface area contributed by atoms with Gasteiger partial charge in [0.25, 0.3) is 5.91 Å². The minimum Gasteiger partial charge on any atom is -0.267 e. The van der Waals surface area contributed by atoms with Gasteiger partial charge in [0.05, 0.1) is 0 Å².